The van der Waals surface area contributed by atoms with E-state index in [4.69, 9.17) is 33.8 Å². The van der Waals surface area contributed by atoms with Crippen molar-refractivity contribution in [1.29, 1.82) is 0 Å². The number of benzene rings is 2. The second-order valence-corrected chi connectivity index (χ2v) is 7.04. The Labute approximate surface area is 171 Å². The van der Waals surface area contributed by atoms with Crippen LogP contribution in [0, 0.1) is 0 Å². The van der Waals surface area contributed by atoms with Crippen molar-refractivity contribution in [2.45, 2.75) is 6.42 Å². The summed E-state index contributed by atoms with van der Waals surface area (Å²) >= 11 is 12.5. The van der Waals surface area contributed by atoms with Gasteiger partial charge in [0.15, 0.2) is 5.75 Å². The molecule has 0 fully saturated rings. The lowest BCUT2D eigenvalue weighted by Crippen LogP contribution is -2.38. The van der Waals surface area contributed by atoms with E-state index >= 15 is 0 Å². The summed E-state index contributed by atoms with van der Waals surface area (Å²) in [6.07, 6.45) is 2.36. The molecule has 1 aliphatic heterocycles. The first-order chi connectivity index (χ1) is 13.6. The van der Waals surface area contributed by atoms with Crippen LogP contribution in [0.5, 0.6) is 11.5 Å². The lowest BCUT2D eigenvalue weighted by molar-refractivity contribution is 0.0980. The van der Waals surface area contributed by atoms with Crippen LogP contribution in [-0.2, 0) is 6.42 Å². The second kappa shape index (κ2) is 7.67. The Morgan fingerprint density at radius 2 is 1.89 bits per heavy atom. The van der Waals surface area contributed by atoms with E-state index in [1.54, 1.807) is 35.4 Å². The van der Waals surface area contributed by atoms with Crippen LogP contribution < -0.4 is 20.9 Å². The zero-order chi connectivity index (χ0) is 19.7. The lowest BCUT2D eigenvalue weighted by atomic mass is 9.98. The quantitative estimate of drug-likeness (QED) is 0.478. The number of nitrogens with one attached hydrogen (secondary N) is 1. The van der Waals surface area contributed by atoms with Gasteiger partial charge in [0.25, 0.3) is 5.91 Å². The summed E-state index contributed by atoms with van der Waals surface area (Å²) in [6.45, 7) is 0.546. The number of nitrogens with two attached hydrogens (primary N) is 1. The second-order valence-electron chi connectivity index (χ2n) is 6.23. The van der Waals surface area contributed by atoms with E-state index in [0.29, 0.717) is 51.6 Å². The van der Waals surface area contributed by atoms with Crippen molar-refractivity contribution in [3.05, 3.63) is 75.9 Å². The highest BCUT2D eigenvalue weighted by atomic mass is 35.5. The number of rotatable bonds is 4. The molecule has 28 heavy (non-hydrogen) atoms. The Morgan fingerprint density at radius 3 is 2.57 bits per heavy atom. The van der Waals surface area contributed by atoms with E-state index in [2.05, 4.69) is 10.4 Å². The minimum Gasteiger partial charge on any atom is -0.454 e. The average Bonchev–Trinajstić information content (AvgIpc) is 2.71. The summed E-state index contributed by atoms with van der Waals surface area (Å²) in [4.78, 5) is 18.8. The number of aromatic nitrogens is 1. The molecule has 3 aromatic rings. The predicted molar refractivity (Wildman–Crippen MR) is 110 cm³/mol. The lowest BCUT2D eigenvalue weighted by Gasteiger charge is -2.28. The molecular formula is C20H16Cl2N4O2. The molecule has 0 atom stereocenters. The number of carbonyl (C=O) groups is 1. The fourth-order valence-electron chi connectivity index (χ4n) is 3.12. The van der Waals surface area contributed by atoms with Gasteiger partial charge in [-0.05, 0) is 54.4 Å². The number of nitrogens with zero attached hydrogens (tertiary/aromatic N) is 2. The molecule has 1 aromatic heterocycles. The van der Waals surface area contributed by atoms with E-state index in [1.165, 1.54) is 0 Å². The molecule has 0 radical (unpaired) electrons. The van der Waals surface area contributed by atoms with E-state index in [9.17, 15) is 4.79 Å². The van der Waals surface area contributed by atoms with Crippen molar-refractivity contribution in [2.24, 2.45) is 5.84 Å². The molecule has 0 spiro atoms. The maximum absolute atomic E-state index is 12.8. The zero-order valence-electron chi connectivity index (χ0n) is 14.7. The minimum absolute atomic E-state index is 0.0825. The molecule has 142 valence electrons. The van der Waals surface area contributed by atoms with Crippen molar-refractivity contribution in [2.75, 3.05) is 16.9 Å². The number of pyridine rings is 1. The van der Waals surface area contributed by atoms with Gasteiger partial charge in [0.05, 0.1) is 15.7 Å². The number of ether oxygens (including phenoxy) is 1. The van der Waals surface area contributed by atoms with Crippen molar-refractivity contribution >= 4 is 40.6 Å². The molecule has 0 aliphatic carbocycles. The van der Waals surface area contributed by atoms with E-state index < -0.39 is 0 Å². The van der Waals surface area contributed by atoms with Crippen LogP contribution in [0.2, 0.25) is 10.0 Å². The number of hydrazine groups is 1. The van der Waals surface area contributed by atoms with Gasteiger partial charge < -0.3 is 10.2 Å². The first-order valence-corrected chi connectivity index (χ1v) is 9.32. The Bertz CT molecular complexity index is 1020. The van der Waals surface area contributed by atoms with Crippen molar-refractivity contribution in [3.8, 4) is 11.5 Å². The molecule has 6 nitrogen and oxygen atoms in total. The Kier molecular flexibility index (Phi) is 5.09. The summed E-state index contributed by atoms with van der Waals surface area (Å²) < 4.78 is 5.88. The van der Waals surface area contributed by atoms with Crippen LogP contribution in [0.15, 0.2) is 54.7 Å². The molecule has 2 heterocycles. The topological polar surface area (TPSA) is 80.5 Å². The number of hydrogen-bond acceptors (Lipinski definition) is 5. The Morgan fingerprint density at radius 1 is 1.11 bits per heavy atom. The zero-order valence-corrected chi connectivity index (χ0v) is 16.2. The number of anilines is 2. The number of nitrogen functional groups attached to an aromatic ring is 1. The van der Waals surface area contributed by atoms with Gasteiger partial charge in [-0.2, -0.15) is 0 Å². The third kappa shape index (κ3) is 3.49. The van der Waals surface area contributed by atoms with Crippen LogP contribution in [-0.4, -0.2) is 17.4 Å². The highest BCUT2D eigenvalue weighted by Crippen LogP contribution is 2.39. The maximum atomic E-state index is 12.8. The van der Waals surface area contributed by atoms with Gasteiger partial charge in [-0.25, -0.2) is 4.98 Å². The first-order valence-electron chi connectivity index (χ1n) is 8.56. The van der Waals surface area contributed by atoms with Gasteiger partial charge in [-0.1, -0.05) is 29.3 Å². The van der Waals surface area contributed by atoms with Crippen molar-refractivity contribution in [3.63, 3.8) is 0 Å². The molecule has 0 bridgehead atoms. The molecule has 1 amide bonds. The number of amides is 1. The van der Waals surface area contributed by atoms with Crippen LogP contribution in [0.1, 0.15) is 15.9 Å². The molecule has 0 unspecified atom stereocenters. The normalized spacial score (nSPS) is 13.2. The molecular weight excluding hydrogens is 399 g/mol. The van der Waals surface area contributed by atoms with Crippen molar-refractivity contribution in [1.82, 2.24) is 4.98 Å². The number of hydrogen-bond donors (Lipinski definition) is 2. The molecule has 3 N–H and O–H groups in total. The van der Waals surface area contributed by atoms with Crippen LogP contribution in [0.25, 0.3) is 0 Å². The third-order valence-corrected chi connectivity index (χ3v) is 5.03. The molecule has 0 saturated carbocycles. The largest absolute Gasteiger partial charge is 0.454 e. The number of fused-ring (bicyclic) bond motifs is 1. The fourth-order valence-corrected chi connectivity index (χ4v) is 3.68. The SMILES string of the molecule is NNc1cc(Cl)c(Oc2ccc3c(c2)CCN(c2ccccn2)C3=O)c(Cl)c1. The highest BCUT2D eigenvalue weighted by molar-refractivity contribution is 6.37. The van der Waals surface area contributed by atoms with Gasteiger partial charge in [0.1, 0.15) is 11.6 Å². The summed E-state index contributed by atoms with van der Waals surface area (Å²) in [5.74, 6) is 6.83. The summed E-state index contributed by atoms with van der Waals surface area (Å²) in [7, 11) is 0. The van der Waals surface area contributed by atoms with Gasteiger partial charge >= 0.3 is 0 Å². The van der Waals surface area contributed by atoms with Crippen LogP contribution >= 0.6 is 23.2 Å². The summed E-state index contributed by atoms with van der Waals surface area (Å²) in [6, 6.07) is 14.1. The van der Waals surface area contributed by atoms with Gasteiger partial charge in [0.2, 0.25) is 0 Å². The van der Waals surface area contributed by atoms with Crippen LogP contribution in [0.3, 0.4) is 0 Å². The smallest absolute Gasteiger partial charge is 0.259 e. The third-order valence-electron chi connectivity index (χ3n) is 4.47. The van der Waals surface area contributed by atoms with Crippen molar-refractivity contribution < 1.29 is 9.53 Å². The first kappa shape index (κ1) is 18.6. The van der Waals surface area contributed by atoms with Crippen LogP contribution in [0.4, 0.5) is 11.5 Å². The minimum atomic E-state index is -0.0825. The number of carbonyl (C=O) groups excluding carboxylic acids is 1. The van der Waals surface area contributed by atoms with Gasteiger partial charge in [0, 0.05) is 18.3 Å². The molecule has 0 saturated heterocycles. The van der Waals surface area contributed by atoms with E-state index in [1.807, 2.05) is 24.3 Å². The van der Waals surface area contributed by atoms with Gasteiger partial charge in [-0.3, -0.25) is 15.5 Å². The van der Waals surface area contributed by atoms with E-state index in [-0.39, 0.29) is 5.91 Å². The Balaban J connectivity index is 1.60. The maximum Gasteiger partial charge on any atom is 0.259 e. The summed E-state index contributed by atoms with van der Waals surface area (Å²) in [5, 5.41) is 0.658. The predicted octanol–water partition coefficient (Wildman–Crippen LogP) is 4.67. The summed E-state index contributed by atoms with van der Waals surface area (Å²) in [5.41, 5.74) is 4.60. The molecule has 2 aromatic carbocycles. The van der Waals surface area contributed by atoms with Gasteiger partial charge in [-0.15, -0.1) is 0 Å². The Hall–Kier alpha value is -2.80. The van der Waals surface area contributed by atoms with E-state index in [0.717, 1.165) is 5.56 Å². The highest BCUT2D eigenvalue weighted by Gasteiger charge is 2.26. The fraction of sp³-hybridized carbons (Fsp3) is 0.100. The molecule has 1 aliphatic rings. The monoisotopic (exact) mass is 414 g/mol. The average molecular weight is 415 g/mol. The number of halogens is 2. The molecule has 4 rings (SSSR count). The molecule has 8 heteroatoms. The standard InChI is InChI=1S/C20H16Cl2N4O2/c21-16-10-13(25-23)11-17(22)19(16)28-14-4-5-15-12(9-14)6-8-26(20(15)27)18-3-1-2-7-24-18/h1-5,7,9-11,25H,6,8,23H2.